The van der Waals surface area contributed by atoms with E-state index in [1.54, 1.807) is 18.2 Å². The number of benzene rings is 2. The average Bonchev–Trinajstić information content (AvgIpc) is 2.43. The van der Waals surface area contributed by atoms with Crippen molar-refractivity contribution in [2.45, 2.75) is 0 Å². The Morgan fingerprint density at radius 2 is 1.80 bits per heavy atom. The highest BCUT2D eigenvalue weighted by Gasteiger charge is 2.04. The molecule has 3 nitrogen and oxygen atoms in total. The van der Waals surface area contributed by atoms with Crippen LogP contribution in [0.1, 0.15) is 0 Å². The first-order chi connectivity index (χ1) is 9.54. The molecule has 0 spiro atoms. The van der Waals surface area contributed by atoms with E-state index in [4.69, 9.17) is 11.6 Å². The third-order valence-electron chi connectivity index (χ3n) is 2.50. The lowest BCUT2D eigenvalue weighted by atomic mass is 10.3. The van der Waals surface area contributed by atoms with Gasteiger partial charge < -0.3 is 10.6 Å². The molecule has 1 amide bonds. The fourth-order valence-electron chi connectivity index (χ4n) is 1.53. The third-order valence-corrected chi connectivity index (χ3v) is 3.34. The molecule has 2 aromatic rings. The molecule has 20 heavy (non-hydrogen) atoms. The van der Waals surface area contributed by atoms with Crippen LogP contribution in [0.15, 0.2) is 46.9 Å². The zero-order chi connectivity index (χ0) is 14.5. The number of anilines is 2. The van der Waals surface area contributed by atoms with E-state index in [9.17, 15) is 9.18 Å². The van der Waals surface area contributed by atoms with E-state index in [0.717, 1.165) is 4.47 Å². The summed E-state index contributed by atoms with van der Waals surface area (Å²) < 4.78 is 14.1. The molecule has 0 radical (unpaired) electrons. The molecule has 0 saturated heterocycles. The van der Waals surface area contributed by atoms with Crippen LogP contribution >= 0.6 is 27.5 Å². The van der Waals surface area contributed by atoms with Gasteiger partial charge in [-0.3, -0.25) is 4.79 Å². The van der Waals surface area contributed by atoms with Crippen LogP contribution in [0, 0.1) is 5.82 Å². The van der Waals surface area contributed by atoms with Gasteiger partial charge in [-0.15, -0.1) is 0 Å². The molecular weight excluding hydrogens is 347 g/mol. The Hall–Kier alpha value is -1.59. The van der Waals surface area contributed by atoms with Crippen molar-refractivity contribution in [3.63, 3.8) is 0 Å². The van der Waals surface area contributed by atoms with Gasteiger partial charge in [0.2, 0.25) is 5.91 Å². The van der Waals surface area contributed by atoms with Crippen molar-refractivity contribution in [3.05, 3.63) is 57.8 Å². The first-order valence-corrected chi connectivity index (χ1v) is 6.96. The Kier molecular flexibility index (Phi) is 4.98. The van der Waals surface area contributed by atoms with E-state index < -0.39 is 5.82 Å². The normalized spacial score (nSPS) is 10.2. The van der Waals surface area contributed by atoms with Crippen molar-refractivity contribution >= 4 is 44.8 Å². The quantitative estimate of drug-likeness (QED) is 0.857. The molecule has 2 aromatic carbocycles. The second-order valence-electron chi connectivity index (χ2n) is 4.04. The third kappa shape index (κ3) is 4.21. The summed E-state index contributed by atoms with van der Waals surface area (Å²) in [4.78, 5) is 11.7. The number of carbonyl (C=O) groups excluding carboxylic acids is 1. The summed E-state index contributed by atoms with van der Waals surface area (Å²) in [5, 5.41) is 5.60. The maximum Gasteiger partial charge on any atom is 0.243 e. The van der Waals surface area contributed by atoms with Crippen LogP contribution in [-0.4, -0.2) is 12.5 Å². The SMILES string of the molecule is O=C(CNc1ccc(Cl)c(F)c1)Nc1ccc(Br)cc1. The number of hydrogen-bond acceptors (Lipinski definition) is 2. The number of nitrogens with one attached hydrogen (secondary N) is 2. The Morgan fingerprint density at radius 3 is 2.45 bits per heavy atom. The first-order valence-electron chi connectivity index (χ1n) is 5.79. The van der Waals surface area contributed by atoms with Crippen molar-refractivity contribution in [2.24, 2.45) is 0 Å². The fourth-order valence-corrected chi connectivity index (χ4v) is 1.91. The summed E-state index contributed by atoms with van der Waals surface area (Å²) in [5.41, 5.74) is 1.19. The summed E-state index contributed by atoms with van der Waals surface area (Å²) >= 11 is 8.89. The highest BCUT2D eigenvalue weighted by Crippen LogP contribution is 2.18. The van der Waals surface area contributed by atoms with Gasteiger partial charge in [0.05, 0.1) is 11.6 Å². The highest BCUT2D eigenvalue weighted by atomic mass is 79.9. The lowest BCUT2D eigenvalue weighted by Gasteiger charge is -2.08. The maximum absolute atomic E-state index is 13.2. The van der Waals surface area contributed by atoms with Crippen LogP contribution in [0.25, 0.3) is 0 Å². The fraction of sp³-hybridized carbons (Fsp3) is 0.0714. The van der Waals surface area contributed by atoms with E-state index in [-0.39, 0.29) is 17.5 Å². The number of hydrogen-bond donors (Lipinski definition) is 2. The topological polar surface area (TPSA) is 41.1 Å². The van der Waals surface area contributed by atoms with Gasteiger partial charge in [-0.25, -0.2) is 4.39 Å². The van der Waals surface area contributed by atoms with Crippen LogP contribution in [0.2, 0.25) is 5.02 Å². The molecule has 0 aromatic heterocycles. The molecule has 2 rings (SSSR count). The van der Waals surface area contributed by atoms with Gasteiger partial charge in [-0.05, 0) is 42.5 Å². The van der Waals surface area contributed by atoms with E-state index in [2.05, 4.69) is 26.6 Å². The smallest absolute Gasteiger partial charge is 0.243 e. The van der Waals surface area contributed by atoms with Crippen LogP contribution < -0.4 is 10.6 Å². The summed E-state index contributed by atoms with van der Waals surface area (Å²) in [6, 6.07) is 11.5. The largest absolute Gasteiger partial charge is 0.376 e. The summed E-state index contributed by atoms with van der Waals surface area (Å²) in [6.07, 6.45) is 0. The Labute approximate surface area is 129 Å². The molecule has 0 atom stereocenters. The minimum atomic E-state index is -0.523. The predicted molar refractivity (Wildman–Crippen MR) is 82.7 cm³/mol. The van der Waals surface area contributed by atoms with Crippen LogP contribution in [0.3, 0.4) is 0 Å². The molecule has 2 N–H and O–H groups in total. The van der Waals surface area contributed by atoms with Gasteiger partial charge >= 0.3 is 0 Å². The predicted octanol–water partition coefficient (Wildman–Crippen LogP) is 4.29. The molecule has 6 heteroatoms. The number of rotatable bonds is 4. The van der Waals surface area contributed by atoms with E-state index >= 15 is 0 Å². The molecular formula is C14H11BrClFN2O. The maximum atomic E-state index is 13.2. The Bertz CT molecular complexity index is 619. The molecule has 0 aliphatic heterocycles. The minimum Gasteiger partial charge on any atom is -0.376 e. The molecule has 0 fully saturated rings. The Balaban J connectivity index is 1.88. The van der Waals surface area contributed by atoms with Crippen molar-refractivity contribution in [2.75, 3.05) is 17.2 Å². The van der Waals surface area contributed by atoms with Crippen LogP contribution in [-0.2, 0) is 4.79 Å². The number of halogens is 3. The number of amides is 1. The highest BCUT2D eigenvalue weighted by molar-refractivity contribution is 9.10. The zero-order valence-electron chi connectivity index (χ0n) is 10.3. The minimum absolute atomic E-state index is 0.0388. The molecule has 0 unspecified atom stereocenters. The molecule has 104 valence electrons. The van der Waals surface area contributed by atoms with Crippen molar-refractivity contribution in [3.8, 4) is 0 Å². The van der Waals surface area contributed by atoms with E-state index in [1.807, 2.05) is 12.1 Å². The van der Waals surface area contributed by atoms with Crippen molar-refractivity contribution < 1.29 is 9.18 Å². The molecule has 0 heterocycles. The van der Waals surface area contributed by atoms with Gasteiger partial charge in [0.25, 0.3) is 0 Å². The van der Waals surface area contributed by atoms with Crippen molar-refractivity contribution in [1.29, 1.82) is 0 Å². The molecule has 0 aliphatic rings. The van der Waals surface area contributed by atoms with Gasteiger partial charge in [-0.1, -0.05) is 27.5 Å². The standard InChI is InChI=1S/C14H11BrClFN2O/c15-9-1-3-10(4-2-9)19-14(20)8-18-11-5-6-12(16)13(17)7-11/h1-7,18H,8H2,(H,19,20). The summed E-state index contributed by atoms with van der Waals surface area (Å²) in [5.74, 6) is -0.743. The van der Waals surface area contributed by atoms with Crippen LogP contribution in [0.4, 0.5) is 15.8 Å². The zero-order valence-corrected chi connectivity index (χ0v) is 12.6. The second kappa shape index (κ2) is 6.72. The summed E-state index contributed by atoms with van der Waals surface area (Å²) in [6.45, 7) is 0.0388. The average molecular weight is 358 g/mol. The Morgan fingerprint density at radius 1 is 1.15 bits per heavy atom. The molecule has 0 saturated carbocycles. The van der Waals surface area contributed by atoms with Gasteiger partial charge in [0, 0.05) is 15.8 Å². The molecule has 0 bridgehead atoms. The van der Waals surface area contributed by atoms with Gasteiger partial charge in [-0.2, -0.15) is 0 Å². The van der Waals surface area contributed by atoms with Gasteiger partial charge in [0.15, 0.2) is 0 Å². The van der Waals surface area contributed by atoms with E-state index in [1.165, 1.54) is 12.1 Å². The lowest BCUT2D eigenvalue weighted by molar-refractivity contribution is -0.114. The first kappa shape index (κ1) is 14.8. The summed E-state index contributed by atoms with van der Waals surface area (Å²) in [7, 11) is 0. The van der Waals surface area contributed by atoms with Gasteiger partial charge in [0.1, 0.15) is 5.82 Å². The monoisotopic (exact) mass is 356 g/mol. The lowest BCUT2D eigenvalue weighted by Crippen LogP contribution is -2.21. The molecule has 0 aliphatic carbocycles. The van der Waals surface area contributed by atoms with E-state index in [0.29, 0.717) is 11.4 Å². The van der Waals surface area contributed by atoms with Crippen LogP contribution in [0.5, 0.6) is 0 Å². The van der Waals surface area contributed by atoms with Crippen molar-refractivity contribution in [1.82, 2.24) is 0 Å². The second-order valence-corrected chi connectivity index (χ2v) is 5.36. The number of carbonyl (C=O) groups is 1.